The molecule has 2 fully saturated rings. The predicted molar refractivity (Wildman–Crippen MR) is 108 cm³/mol. The molecule has 0 heterocycles. The third kappa shape index (κ3) is 4.03. The van der Waals surface area contributed by atoms with Gasteiger partial charge >= 0.3 is 20.6 Å². The molecule has 1 aromatic rings. The van der Waals surface area contributed by atoms with Crippen molar-refractivity contribution in [2.24, 2.45) is 27.5 Å². The molecule has 4 rings (SSSR count). The first-order chi connectivity index (χ1) is 13.4. The van der Waals surface area contributed by atoms with Crippen molar-refractivity contribution in [1.29, 1.82) is 0 Å². The quantitative estimate of drug-likeness (QED) is 0.652. The summed E-state index contributed by atoms with van der Waals surface area (Å²) in [6.45, 7) is 2.06. The number of hydrogen-bond donors (Lipinski definition) is 2. The van der Waals surface area contributed by atoms with E-state index < -0.39 is 32.1 Å². The van der Waals surface area contributed by atoms with Crippen LogP contribution in [-0.4, -0.2) is 28.3 Å². The summed E-state index contributed by atoms with van der Waals surface area (Å²) in [6, 6.07) is 5.29. The van der Waals surface area contributed by atoms with Crippen LogP contribution in [0.15, 0.2) is 18.2 Å². The minimum absolute atomic E-state index is 0.216. The molecule has 4 N–H and O–H groups in total. The molecule has 3 aliphatic rings. The Bertz CT molecular complexity index is 1030. The fourth-order valence-electron chi connectivity index (χ4n) is 5.98. The van der Waals surface area contributed by atoms with Gasteiger partial charge in [-0.3, -0.25) is 4.18 Å². The Morgan fingerprint density at radius 3 is 2.52 bits per heavy atom. The van der Waals surface area contributed by atoms with E-state index in [0.717, 1.165) is 31.2 Å². The molecule has 8 nitrogen and oxygen atoms in total. The Morgan fingerprint density at radius 2 is 1.86 bits per heavy atom. The molecule has 0 aliphatic heterocycles. The van der Waals surface area contributed by atoms with Crippen molar-refractivity contribution in [3.05, 3.63) is 29.3 Å². The van der Waals surface area contributed by atoms with E-state index in [-0.39, 0.29) is 17.1 Å². The van der Waals surface area contributed by atoms with E-state index in [1.165, 1.54) is 5.56 Å². The zero-order chi connectivity index (χ0) is 21.2. The zero-order valence-corrected chi connectivity index (χ0v) is 18.3. The van der Waals surface area contributed by atoms with Crippen LogP contribution in [0.5, 0.6) is 5.75 Å². The lowest BCUT2D eigenvalue weighted by Crippen LogP contribution is -2.46. The number of nitrogens with two attached hydrogens (primary N) is 2. The molecule has 1 aromatic carbocycles. The van der Waals surface area contributed by atoms with Gasteiger partial charge in [0.1, 0.15) is 11.9 Å². The molecule has 11 heteroatoms. The van der Waals surface area contributed by atoms with Crippen LogP contribution in [0.3, 0.4) is 0 Å². The van der Waals surface area contributed by atoms with Crippen LogP contribution in [0.1, 0.15) is 49.7 Å². The van der Waals surface area contributed by atoms with Gasteiger partial charge in [-0.05, 0) is 78.5 Å². The standard InChI is InChI=1S/C18H25ClN2O6S2/c1-18-7-6-13-12-5-3-11(26-28(20,22)23)8-10(12)2-4-14(13)15(18)9-16(19)17(18)27-29(21,24)25/h3,5,8,13-17H,2,4,6-7,9H2,1H3,(H2,20,22,23)(H2,21,24,25)/t13-,14-,15+,16+,17+,18+/m1/s1. The Balaban J connectivity index is 1.62. The van der Waals surface area contributed by atoms with Gasteiger partial charge in [-0.25, -0.2) is 5.14 Å². The van der Waals surface area contributed by atoms with Gasteiger partial charge in [-0.2, -0.15) is 22.0 Å². The second-order valence-corrected chi connectivity index (χ2v) is 11.5. The van der Waals surface area contributed by atoms with Crippen LogP contribution in [0.2, 0.25) is 0 Å². The number of alkyl halides is 1. The third-order valence-corrected chi connectivity index (χ3v) is 8.35. The molecule has 2 saturated carbocycles. The van der Waals surface area contributed by atoms with Crippen molar-refractivity contribution in [3.8, 4) is 5.75 Å². The summed E-state index contributed by atoms with van der Waals surface area (Å²) in [5.74, 6) is 1.09. The highest BCUT2D eigenvalue weighted by atomic mass is 35.5. The van der Waals surface area contributed by atoms with E-state index in [4.69, 9.17) is 30.2 Å². The second-order valence-electron chi connectivity index (χ2n) is 8.66. The minimum Gasteiger partial charge on any atom is -0.371 e. The molecule has 3 aliphatic carbocycles. The van der Waals surface area contributed by atoms with Gasteiger partial charge in [0.15, 0.2) is 0 Å². The monoisotopic (exact) mass is 464 g/mol. The second kappa shape index (κ2) is 7.06. The van der Waals surface area contributed by atoms with E-state index in [2.05, 4.69) is 6.92 Å². The van der Waals surface area contributed by atoms with Gasteiger partial charge in [0.25, 0.3) is 0 Å². The SMILES string of the molecule is C[C@]12CC[C@@H]3c4ccc(OS(N)(=O)=O)cc4CC[C@H]3[C@@H]1C[C@H](Cl)[C@@H]2OS(N)(=O)=O. The lowest BCUT2D eigenvalue weighted by atomic mass is 9.55. The Kier molecular flexibility index (Phi) is 5.20. The molecule has 0 aromatic heterocycles. The number of fused-ring (bicyclic) bond motifs is 5. The largest absolute Gasteiger partial charge is 0.380 e. The topological polar surface area (TPSA) is 139 Å². The molecule has 162 valence electrons. The highest BCUT2D eigenvalue weighted by Gasteiger charge is 2.59. The lowest BCUT2D eigenvalue weighted by molar-refractivity contribution is -0.00749. The van der Waals surface area contributed by atoms with Crippen molar-refractivity contribution in [2.45, 2.75) is 56.4 Å². The maximum Gasteiger partial charge on any atom is 0.380 e. The average Bonchev–Trinajstić information content (AvgIpc) is 2.83. The molecular formula is C18H25ClN2O6S2. The van der Waals surface area contributed by atoms with Crippen molar-refractivity contribution in [3.63, 3.8) is 0 Å². The summed E-state index contributed by atoms with van der Waals surface area (Å²) >= 11 is 6.53. The van der Waals surface area contributed by atoms with E-state index >= 15 is 0 Å². The summed E-state index contributed by atoms with van der Waals surface area (Å²) in [7, 11) is -8.15. The zero-order valence-electron chi connectivity index (χ0n) is 16.0. The van der Waals surface area contributed by atoms with E-state index in [9.17, 15) is 16.8 Å². The van der Waals surface area contributed by atoms with Gasteiger partial charge in [0.05, 0.1) is 5.38 Å². The Labute approximate surface area is 176 Å². The number of hydrogen-bond acceptors (Lipinski definition) is 6. The minimum atomic E-state index is -4.08. The van der Waals surface area contributed by atoms with Crippen LogP contribution in [0, 0.1) is 17.3 Å². The molecule has 0 bridgehead atoms. The first-order valence-corrected chi connectivity index (χ1v) is 13.0. The molecular weight excluding hydrogens is 440 g/mol. The van der Waals surface area contributed by atoms with Crippen molar-refractivity contribution >= 4 is 32.2 Å². The predicted octanol–water partition coefficient (Wildman–Crippen LogP) is 1.93. The smallest absolute Gasteiger partial charge is 0.371 e. The number of halogens is 1. The number of aryl methyl sites for hydroxylation is 1. The number of benzene rings is 1. The Morgan fingerprint density at radius 1 is 1.14 bits per heavy atom. The fraction of sp³-hybridized carbons (Fsp3) is 0.667. The van der Waals surface area contributed by atoms with Gasteiger partial charge in [0, 0.05) is 0 Å². The van der Waals surface area contributed by atoms with E-state index in [1.807, 2.05) is 6.07 Å². The summed E-state index contributed by atoms with van der Waals surface area (Å²) < 4.78 is 55.6. The normalized spacial score (nSPS) is 36.8. The highest BCUT2D eigenvalue weighted by molar-refractivity contribution is 7.84. The molecule has 6 atom stereocenters. The molecule has 0 radical (unpaired) electrons. The maximum absolute atomic E-state index is 11.6. The summed E-state index contributed by atoms with van der Waals surface area (Å²) in [6.07, 6.45) is 3.38. The molecule has 0 saturated heterocycles. The van der Waals surface area contributed by atoms with Crippen LogP contribution in [-0.2, 0) is 31.2 Å². The summed E-state index contributed by atoms with van der Waals surface area (Å²) in [5.41, 5.74) is 1.90. The van der Waals surface area contributed by atoms with E-state index in [1.54, 1.807) is 12.1 Å². The van der Waals surface area contributed by atoms with Crippen molar-refractivity contribution in [2.75, 3.05) is 0 Å². The van der Waals surface area contributed by atoms with Crippen LogP contribution < -0.4 is 14.5 Å². The maximum atomic E-state index is 11.6. The van der Waals surface area contributed by atoms with Gasteiger partial charge < -0.3 is 4.18 Å². The average molecular weight is 465 g/mol. The highest BCUT2D eigenvalue weighted by Crippen LogP contribution is 2.62. The molecule has 0 unspecified atom stereocenters. The lowest BCUT2D eigenvalue weighted by Gasteiger charge is -2.50. The van der Waals surface area contributed by atoms with Crippen molar-refractivity contribution in [1.82, 2.24) is 0 Å². The fourth-order valence-corrected chi connectivity index (χ4v) is 7.59. The molecule has 0 spiro atoms. The van der Waals surface area contributed by atoms with Gasteiger partial charge in [-0.15, -0.1) is 11.6 Å². The van der Waals surface area contributed by atoms with Crippen LogP contribution in [0.4, 0.5) is 0 Å². The third-order valence-electron chi connectivity index (χ3n) is 7.04. The number of rotatable bonds is 4. The van der Waals surface area contributed by atoms with E-state index in [0.29, 0.717) is 18.3 Å². The summed E-state index contributed by atoms with van der Waals surface area (Å²) in [5, 5.41) is 9.70. The van der Waals surface area contributed by atoms with Crippen LogP contribution in [0.25, 0.3) is 0 Å². The summed E-state index contributed by atoms with van der Waals surface area (Å²) in [4.78, 5) is 0. The van der Waals surface area contributed by atoms with Crippen LogP contribution >= 0.6 is 11.6 Å². The first-order valence-electron chi connectivity index (χ1n) is 9.57. The van der Waals surface area contributed by atoms with Gasteiger partial charge in [-0.1, -0.05) is 13.0 Å². The Hall–Kier alpha value is -0.910. The molecule has 0 amide bonds. The first kappa shape index (κ1) is 21.3. The van der Waals surface area contributed by atoms with Crippen molar-refractivity contribution < 1.29 is 25.2 Å². The molecule has 29 heavy (non-hydrogen) atoms. The van der Waals surface area contributed by atoms with Gasteiger partial charge in [0.2, 0.25) is 0 Å².